The fraction of sp³-hybridized carbons (Fsp3) is 0.459. The Kier molecular flexibility index (Phi) is 7.65. The van der Waals surface area contributed by atoms with Gasteiger partial charge in [0.15, 0.2) is 5.78 Å². The molecule has 3 fully saturated rings. The lowest BCUT2D eigenvalue weighted by Gasteiger charge is -2.59. The zero-order valence-electron chi connectivity index (χ0n) is 27.0. The Morgan fingerprint density at radius 3 is 2.62 bits per heavy atom. The number of anilines is 1. The van der Waals surface area contributed by atoms with E-state index in [1.807, 2.05) is 49.4 Å². The van der Waals surface area contributed by atoms with Crippen LogP contribution in [0.25, 0.3) is 0 Å². The highest BCUT2D eigenvalue weighted by Gasteiger charge is 2.79. The number of ether oxygens (including phenoxy) is 5. The Morgan fingerprint density at radius 1 is 1.17 bits per heavy atom. The van der Waals surface area contributed by atoms with Crippen molar-refractivity contribution in [3.63, 3.8) is 0 Å². The smallest absolute Gasteiger partial charge is 0.310 e. The van der Waals surface area contributed by atoms with Gasteiger partial charge in [-0.15, -0.1) is 0 Å². The fourth-order valence-corrected chi connectivity index (χ4v) is 9.29. The summed E-state index contributed by atoms with van der Waals surface area (Å²) in [5, 5.41) is 12.4. The van der Waals surface area contributed by atoms with Crippen LogP contribution in [0.2, 0.25) is 0 Å². The third-order valence-electron chi connectivity index (χ3n) is 10.9. The van der Waals surface area contributed by atoms with E-state index in [1.54, 1.807) is 19.1 Å². The molecule has 2 aromatic carbocycles. The van der Waals surface area contributed by atoms with Gasteiger partial charge in [0.25, 0.3) is 5.97 Å². The summed E-state index contributed by atoms with van der Waals surface area (Å²) in [4.78, 5) is 27.0. The summed E-state index contributed by atoms with van der Waals surface area (Å²) in [6.45, 7) is 10.0. The number of ketones is 1. The molecule has 2 saturated heterocycles. The summed E-state index contributed by atoms with van der Waals surface area (Å²) in [6, 6.07) is 13.3. The highest BCUT2D eigenvalue weighted by atomic mass is 79.9. The van der Waals surface area contributed by atoms with Crippen molar-refractivity contribution in [3.8, 4) is 5.75 Å². The molecule has 9 nitrogen and oxygen atoms in total. The SMILES string of the molecule is C=C(C)[C@@]12C[C@@H](C)C34OC(Cc5ccccc5)(OC1[C@@H]3C=C(COC(=O)Cc1cc(Br)c(N)c(OC)c1)C[C@]1(O)C(=O)C(C)=C[C@@H]41)O2. The van der Waals surface area contributed by atoms with Crippen molar-refractivity contribution in [3.05, 3.63) is 93.5 Å². The van der Waals surface area contributed by atoms with Gasteiger partial charge in [-0.3, -0.25) is 9.59 Å². The minimum Gasteiger partial charge on any atom is -0.495 e. The van der Waals surface area contributed by atoms with E-state index in [2.05, 4.69) is 29.4 Å². The lowest BCUT2D eigenvalue weighted by Crippen LogP contribution is -2.70. The van der Waals surface area contributed by atoms with Gasteiger partial charge >= 0.3 is 5.97 Å². The van der Waals surface area contributed by atoms with Gasteiger partial charge in [-0.1, -0.05) is 56.0 Å². The molecule has 5 aliphatic rings. The van der Waals surface area contributed by atoms with E-state index < -0.39 is 46.7 Å². The minimum absolute atomic E-state index is 0.00742. The molecule has 8 atom stereocenters. The first-order chi connectivity index (χ1) is 22.3. The summed E-state index contributed by atoms with van der Waals surface area (Å²) in [7, 11) is 1.51. The Hall–Kier alpha value is -3.28. The Balaban J connectivity index is 1.26. The number of rotatable bonds is 8. The number of nitrogen functional groups attached to an aromatic ring is 1. The molecule has 7 rings (SSSR count). The number of carbonyl (C=O) groups is 2. The maximum Gasteiger partial charge on any atom is 0.310 e. The summed E-state index contributed by atoms with van der Waals surface area (Å²) in [5.74, 6) is -3.10. The van der Waals surface area contributed by atoms with Crippen molar-refractivity contribution in [2.75, 3.05) is 19.5 Å². The second-order valence-corrected chi connectivity index (χ2v) is 14.7. The van der Waals surface area contributed by atoms with E-state index in [9.17, 15) is 14.7 Å². The van der Waals surface area contributed by atoms with E-state index in [-0.39, 0.29) is 31.1 Å². The number of halogens is 1. The van der Waals surface area contributed by atoms with Gasteiger partial charge in [-0.05, 0) is 82.1 Å². The Bertz CT molecular complexity index is 1740. The molecule has 0 radical (unpaired) electrons. The van der Waals surface area contributed by atoms with Gasteiger partial charge in [-0.2, -0.15) is 0 Å². The molecule has 248 valence electrons. The van der Waals surface area contributed by atoms with Crippen molar-refractivity contribution < 1.29 is 38.4 Å². The second-order valence-electron chi connectivity index (χ2n) is 13.9. The van der Waals surface area contributed by atoms with Gasteiger partial charge in [0, 0.05) is 22.7 Å². The number of esters is 1. The van der Waals surface area contributed by atoms with Crippen molar-refractivity contribution in [1.82, 2.24) is 0 Å². The predicted octanol–water partition coefficient (Wildman–Crippen LogP) is 5.38. The van der Waals surface area contributed by atoms with Crippen LogP contribution >= 0.6 is 15.9 Å². The van der Waals surface area contributed by atoms with Crippen molar-refractivity contribution >= 4 is 33.4 Å². The van der Waals surface area contributed by atoms with Crippen LogP contribution in [0.4, 0.5) is 5.69 Å². The van der Waals surface area contributed by atoms with E-state index >= 15 is 0 Å². The van der Waals surface area contributed by atoms with Crippen molar-refractivity contribution in [1.29, 1.82) is 0 Å². The summed E-state index contributed by atoms with van der Waals surface area (Å²) < 4.78 is 32.7. The summed E-state index contributed by atoms with van der Waals surface area (Å²) >= 11 is 3.41. The molecule has 10 heteroatoms. The maximum absolute atomic E-state index is 13.8. The molecule has 0 spiro atoms. The zero-order chi connectivity index (χ0) is 33.5. The number of aliphatic hydroxyl groups is 1. The van der Waals surface area contributed by atoms with E-state index in [1.165, 1.54) is 7.11 Å². The van der Waals surface area contributed by atoms with Crippen LogP contribution in [0.15, 0.2) is 82.4 Å². The molecule has 2 aromatic rings. The number of fused-ring (bicyclic) bond motifs is 2. The minimum atomic E-state index is -1.80. The molecule has 3 aliphatic carbocycles. The summed E-state index contributed by atoms with van der Waals surface area (Å²) in [5.41, 5.74) is 6.33. The normalized spacial score (nSPS) is 36.6. The molecule has 47 heavy (non-hydrogen) atoms. The largest absolute Gasteiger partial charge is 0.495 e. The predicted molar refractivity (Wildman–Crippen MR) is 177 cm³/mol. The van der Waals surface area contributed by atoms with E-state index in [4.69, 9.17) is 29.4 Å². The van der Waals surface area contributed by atoms with Crippen LogP contribution in [0.1, 0.15) is 44.7 Å². The molecular weight excluding hydrogens is 666 g/mol. The molecule has 2 aliphatic heterocycles. The number of carbonyl (C=O) groups excluding carboxylic acids is 2. The average Bonchev–Trinajstić information content (AvgIpc) is 3.33. The molecule has 0 amide bonds. The van der Waals surface area contributed by atoms with Crippen LogP contribution in [0, 0.1) is 17.8 Å². The fourth-order valence-electron chi connectivity index (χ4n) is 8.80. The van der Waals surface area contributed by atoms with E-state index in [0.717, 1.165) is 11.1 Å². The number of Topliss-reactive ketones (excluding diaryl/α,β-unsaturated/α-hetero) is 1. The monoisotopic (exact) mass is 705 g/mol. The van der Waals surface area contributed by atoms with E-state index in [0.29, 0.717) is 45.5 Å². The van der Waals surface area contributed by atoms with Crippen LogP contribution in [-0.2, 0) is 41.4 Å². The third-order valence-corrected chi connectivity index (χ3v) is 11.5. The lowest BCUT2D eigenvalue weighted by atomic mass is 9.55. The third kappa shape index (κ3) is 4.78. The maximum atomic E-state index is 13.8. The molecule has 3 bridgehead atoms. The average molecular weight is 707 g/mol. The van der Waals surface area contributed by atoms with Crippen LogP contribution in [0.5, 0.6) is 5.75 Å². The quantitative estimate of drug-likeness (QED) is 0.211. The van der Waals surface area contributed by atoms with Crippen LogP contribution < -0.4 is 10.5 Å². The number of methoxy groups -OCH3 is 1. The van der Waals surface area contributed by atoms with Crippen molar-refractivity contribution in [2.24, 2.45) is 17.8 Å². The van der Waals surface area contributed by atoms with Crippen molar-refractivity contribution in [2.45, 2.75) is 75.3 Å². The van der Waals surface area contributed by atoms with Gasteiger partial charge in [0.2, 0.25) is 0 Å². The first kappa shape index (κ1) is 32.3. The Labute approximate surface area is 282 Å². The van der Waals surface area contributed by atoms with Gasteiger partial charge in [-0.25, -0.2) is 0 Å². The Morgan fingerprint density at radius 2 is 1.91 bits per heavy atom. The molecule has 1 saturated carbocycles. The molecule has 3 N–H and O–H groups in total. The molecule has 0 aromatic heterocycles. The molecule has 3 unspecified atom stereocenters. The highest BCUT2D eigenvalue weighted by molar-refractivity contribution is 9.10. The topological polar surface area (TPSA) is 127 Å². The molecular formula is C37H40BrNO8. The lowest BCUT2D eigenvalue weighted by molar-refractivity contribution is -0.421. The first-order valence-electron chi connectivity index (χ1n) is 16.0. The number of hydrogen-bond acceptors (Lipinski definition) is 9. The standard InChI is InChI=1S/C37H40BrNO8/c1-20(2)35-16-22(4)37-26(33(35)45-36(46-35,47-37)18-23-9-7-6-8-10-23)12-25(17-34(42)29(37)11-21(3)32(34)41)19-44-30(40)15-24-13-27(38)31(39)28(14-24)43-5/h6-14,22,26,29,33,42H,1,15-19,39H2,2-5H3/t22-,26+,29-,33?,34-,35+,36?,37?/m1/s1. The van der Waals surface area contributed by atoms with Gasteiger partial charge < -0.3 is 34.5 Å². The zero-order valence-corrected chi connectivity index (χ0v) is 28.6. The van der Waals surface area contributed by atoms with Gasteiger partial charge in [0.05, 0.1) is 31.2 Å². The van der Waals surface area contributed by atoms with Crippen LogP contribution in [0.3, 0.4) is 0 Å². The number of nitrogens with two attached hydrogens (primary N) is 1. The van der Waals surface area contributed by atoms with Gasteiger partial charge in [0.1, 0.15) is 29.7 Å². The highest BCUT2D eigenvalue weighted by Crippen LogP contribution is 2.68. The summed E-state index contributed by atoms with van der Waals surface area (Å²) in [6.07, 6.45) is 4.20. The first-order valence-corrected chi connectivity index (χ1v) is 16.8. The van der Waals surface area contributed by atoms with Crippen LogP contribution in [-0.4, -0.2) is 59.5 Å². The second kappa shape index (κ2) is 11.1. The molecule has 2 heterocycles. The number of benzene rings is 2. The number of hydrogen-bond donors (Lipinski definition) is 2.